The molecule has 0 saturated carbocycles. The van der Waals surface area contributed by atoms with Crippen molar-refractivity contribution >= 4 is 11.8 Å². The molecule has 0 amide bonds. The van der Waals surface area contributed by atoms with Gasteiger partial charge >= 0.3 is 5.97 Å². The molecule has 0 aliphatic carbocycles. The van der Waals surface area contributed by atoms with E-state index in [9.17, 15) is 24.9 Å². The Balaban J connectivity index is 4.37. The molecule has 0 aromatic heterocycles. The maximum absolute atomic E-state index is 11.2. The third kappa shape index (κ3) is 4.23. The number of carbonyl (C=O) groups is 2. The van der Waals surface area contributed by atoms with Crippen LogP contribution in [0.15, 0.2) is 0 Å². The van der Waals surface area contributed by atoms with E-state index in [2.05, 4.69) is 4.74 Å². The van der Waals surface area contributed by atoms with Crippen LogP contribution in [-0.2, 0) is 14.3 Å². The molecule has 0 rings (SSSR count). The number of ketones is 1. The summed E-state index contributed by atoms with van der Waals surface area (Å²) >= 11 is 0. The molecule has 4 N–H and O–H groups in total. The Bertz CT molecular complexity index is 250. The summed E-state index contributed by atoms with van der Waals surface area (Å²) in [7, 11) is 1.07. The summed E-state index contributed by atoms with van der Waals surface area (Å²) in [5.41, 5.74) is 0. The Hall–Kier alpha value is -1.02. The van der Waals surface area contributed by atoms with Gasteiger partial charge in [-0.25, -0.2) is 0 Å². The molecule has 0 aromatic carbocycles. The van der Waals surface area contributed by atoms with Crippen LogP contribution in [0.3, 0.4) is 0 Å². The minimum Gasteiger partial charge on any atom is -0.469 e. The highest BCUT2D eigenvalue weighted by molar-refractivity contribution is 5.98. The van der Waals surface area contributed by atoms with E-state index in [0.717, 1.165) is 7.11 Å². The number of ether oxygens (including phenoxy) is 1. The van der Waals surface area contributed by atoms with Crippen molar-refractivity contribution in [2.24, 2.45) is 0 Å². The summed E-state index contributed by atoms with van der Waals surface area (Å²) in [6.07, 6.45) is -7.48. The second-order valence-electron chi connectivity index (χ2n) is 3.39. The fourth-order valence-corrected chi connectivity index (χ4v) is 0.982. The van der Waals surface area contributed by atoms with Gasteiger partial charge in [0.25, 0.3) is 0 Å². The highest BCUT2D eigenvalue weighted by Gasteiger charge is 2.33. The Morgan fingerprint density at radius 1 is 1.12 bits per heavy atom. The Kier molecular flexibility index (Phi) is 6.12. The van der Waals surface area contributed by atoms with Gasteiger partial charge in [0.2, 0.25) is 0 Å². The van der Waals surface area contributed by atoms with Gasteiger partial charge in [-0.1, -0.05) is 0 Å². The zero-order valence-electron chi connectivity index (χ0n) is 9.03. The zero-order chi connectivity index (χ0) is 12.9. The van der Waals surface area contributed by atoms with Crippen molar-refractivity contribution in [1.82, 2.24) is 0 Å². The van der Waals surface area contributed by atoms with E-state index in [-0.39, 0.29) is 0 Å². The molecular weight excluding hydrogens is 220 g/mol. The maximum Gasteiger partial charge on any atom is 0.313 e. The number of carbonyl (C=O) groups excluding carboxylic acids is 2. The lowest BCUT2D eigenvalue weighted by Crippen LogP contribution is -2.47. The second-order valence-corrected chi connectivity index (χ2v) is 3.39. The van der Waals surface area contributed by atoms with E-state index < -0.39 is 42.6 Å². The first kappa shape index (κ1) is 15.0. The summed E-state index contributed by atoms with van der Waals surface area (Å²) in [5, 5.41) is 36.7. The molecule has 0 bridgehead atoms. The van der Waals surface area contributed by atoms with Gasteiger partial charge in [-0.15, -0.1) is 0 Å². The Morgan fingerprint density at radius 3 is 2.00 bits per heavy atom. The molecule has 0 heterocycles. The van der Waals surface area contributed by atoms with Crippen LogP contribution in [0, 0.1) is 0 Å². The highest BCUT2D eigenvalue weighted by atomic mass is 16.5. The van der Waals surface area contributed by atoms with Crippen LogP contribution in [0.1, 0.15) is 13.3 Å². The number of methoxy groups -OCH3 is 1. The number of esters is 1. The lowest BCUT2D eigenvalue weighted by Gasteiger charge is -2.23. The number of Topliss-reactive ketones (excluding diaryl/α,β-unsaturated/α-hetero) is 1. The van der Waals surface area contributed by atoms with Crippen molar-refractivity contribution in [2.75, 3.05) is 7.11 Å². The van der Waals surface area contributed by atoms with E-state index in [1.165, 1.54) is 6.92 Å². The fraction of sp³-hybridized carbons (Fsp3) is 0.778. The van der Waals surface area contributed by atoms with Crippen LogP contribution in [0.2, 0.25) is 0 Å². The van der Waals surface area contributed by atoms with Gasteiger partial charge in [-0.05, 0) is 6.92 Å². The third-order valence-electron chi connectivity index (χ3n) is 2.04. The minimum absolute atomic E-state index is 0.707. The summed E-state index contributed by atoms with van der Waals surface area (Å²) in [5.74, 6) is -1.85. The van der Waals surface area contributed by atoms with Crippen LogP contribution in [0.4, 0.5) is 0 Å². The molecule has 94 valence electrons. The van der Waals surface area contributed by atoms with Crippen molar-refractivity contribution in [3.05, 3.63) is 0 Å². The zero-order valence-corrected chi connectivity index (χ0v) is 9.03. The number of aliphatic hydroxyl groups is 4. The topological polar surface area (TPSA) is 124 Å². The lowest BCUT2D eigenvalue weighted by atomic mass is 9.99. The predicted molar refractivity (Wildman–Crippen MR) is 51.3 cm³/mol. The smallest absolute Gasteiger partial charge is 0.313 e. The Labute approximate surface area is 92.3 Å². The largest absolute Gasteiger partial charge is 0.469 e. The summed E-state index contributed by atoms with van der Waals surface area (Å²) in [6, 6.07) is 0. The van der Waals surface area contributed by atoms with Crippen molar-refractivity contribution in [3.8, 4) is 0 Å². The molecule has 0 aliphatic rings. The summed E-state index contributed by atoms with van der Waals surface area (Å²) in [4.78, 5) is 21.9. The average Bonchev–Trinajstić information content (AvgIpc) is 2.25. The molecule has 16 heavy (non-hydrogen) atoms. The van der Waals surface area contributed by atoms with E-state index in [1.807, 2.05) is 0 Å². The van der Waals surface area contributed by atoms with E-state index in [0.29, 0.717) is 0 Å². The molecular formula is C9H16O7. The highest BCUT2D eigenvalue weighted by Crippen LogP contribution is 2.07. The van der Waals surface area contributed by atoms with Crippen LogP contribution in [0.25, 0.3) is 0 Å². The van der Waals surface area contributed by atoms with Gasteiger partial charge in [0.15, 0.2) is 5.78 Å². The van der Waals surface area contributed by atoms with Gasteiger partial charge < -0.3 is 25.2 Å². The predicted octanol–water partition coefficient (Wildman–Crippen LogP) is -2.42. The molecule has 0 unspecified atom stereocenters. The van der Waals surface area contributed by atoms with Gasteiger partial charge in [0.1, 0.15) is 24.7 Å². The van der Waals surface area contributed by atoms with Crippen LogP contribution >= 0.6 is 0 Å². The van der Waals surface area contributed by atoms with Crippen molar-refractivity contribution < 1.29 is 34.8 Å². The van der Waals surface area contributed by atoms with Gasteiger partial charge in [-0.3, -0.25) is 9.59 Å². The first-order valence-corrected chi connectivity index (χ1v) is 4.63. The minimum atomic E-state index is -1.94. The molecule has 0 fully saturated rings. The number of hydrogen-bond acceptors (Lipinski definition) is 7. The molecule has 0 aliphatic heterocycles. The molecule has 7 heteroatoms. The summed E-state index contributed by atoms with van der Waals surface area (Å²) in [6.45, 7) is 1.19. The van der Waals surface area contributed by atoms with Crippen LogP contribution in [0.5, 0.6) is 0 Å². The molecule has 0 aromatic rings. The SMILES string of the molecule is COC(=O)CC(=O)[C@H](O)[C@@H](O)[C@H](O)[C@@H](C)O. The average molecular weight is 236 g/mol. The third-order valence-corrected chi connectivity index (χ3v) is 2.04. The molecule has 4 atom stereocenters. The maximum atomic E-state index is 11.2. The molecule has 0 spiro atoms. The number of hydrogen-bond donors (Lipinski definition) is 4. The van der Waals surface area contributed by atoms with Crippen molar-refractivity contribution in [3.63, 3.8) is 0 Å². The second kappa shape index (κ2) is 6.54. The van der Waals surface area contributed by atoms with Gasteiger partial charge in [-0.2, -0.15) is 0 Å². The monoisotopic (exact) mass is 236 g/mol. The lowest BCUT2D eigenvalue weighted by molar-refractivity contribution is -0.151. The molecule has 0 radical (unpaired) electrons. The number of aliphatic hydroxyl groups excluding tert-OH is 4. The Morgan fingerprint density at radius 2 is 1.62 bits per heavy atom. The fourth-order valence-electron chi connectivity index (χ4n) is 0.982. The van der Waals surface area contributed by atoms with Crippen molar-refractivity contribution in [1.29, 1.82) is 0 Å². The first-order chi connectivity index (χ1) is 7.31. The molecule has 0 saturated heterocycles. The quantitative estimate of drug-likeness (QED) is 0.299. The molecule has 7 nitrogen and oxygen atoms in total. The van der Waals surface area contributed by atoms with Crippen LogP contribution < -0.4 is 0 Å². The standard InChI is InChI=1S/C9H16O7/c1-4(10)7(13)9(15)8(14)5(11)3-6(12)16-2/h4,7-10,13-15H,3H2,1-2H3/t4-,7-,8+,9+/m1/s1. The van der Waals surface area contributed by atoms with E-state index in [4.69, 9.17) is 5.11 Å². The van der Waals surface area contributed by atoms with Crippen molar-refractivity contribution in [2.45, 2.75) is 37.8 Å². The normalized spacial score (nSPS) is 18.4. The van der Waals surface area contributed by atoms with E-state index >= 15 is 0 Å². The first-order valence-electron chi connectivity index (χ1n) is 4.63. The van der Waals surface area contributed by atoms with E-state index in [1.54, 1.807) is 0 Å². The summed E-state index contributed by atoms with van der Waals surface area (Å²) < 4.78 is 4.19. The van der Waals surface area contributed by atoms with Crippen LogP contribution in [-0.4, -0.2) is 63.7 Å². The van der Waals surface area contributed by atoms with Gasteiger partial charge in [0.05, 0.1) is 13.2 Å². The van der Waals surface area contributed by atoms with Gasteiger partial charge in [0, 0.05) is 0 Å². The number of rotatable bonds is 6.